The zero-order valence-corrected chi connectivity index (χ0v) is 10.4. The lowest BCUT2D eigenvalue weighted by Crippen LogP contribution is -2.28. The molecule has 0 fully saturated rings. The van der Waals surface area contributed by atoms with Gasteiger partial charge in [0.1, 0.15) is 0 Å². The van der Waals surface area contributed by atoms with Gasteiger partial charge < -0.3 is 5.10 Å². The lowest BCUT2D eigenvalue weighted by Gasteiger charge is -2.14. The maximum absolute atomic E-state index is 12.6. The molecule has 2 N–H and O–H groups in total. The van der Waals surface area contributed by atoms with Crippen molar-refractivity contribution in [1.29, 1.82) is 0 Å². The van der Waals surface area contributed by atoms with Crippen LogP contribution in [-0.4, -0.2) is 10.2 Å². The Morgan fingerprint density at radius 2 is 1.80 bits per heavy atom. The molecule has 0 saturated heterocycles. The number of benzene rings is 1. The van der Waals surface area contributed by atoms with Crippen LogP contribution in [0.4, 0.5) is 13.2 Å². The van der Waals surface area contributed by atoms with E-state index in [2.05, 4.69) is 10.2 Å². The van der Waals surface area contributed by atoms with Gasteiger partial charge in [-0.15, -0.1) is 0 Å². The smallest absolute Gasteiger partial charge is 0.302 e. The van der Waals surface area contributed by atoms with Crippen LogP contribution in [0.5, 0.6) is 0 Å². The van der Waals surface area contributed by atoms with Gasteiger partial charge in [-0.1, -0.05) is 25.1 Å². The lowest BCUT2D eigenvalue weighted by molar-refractivity contribution is -0.137. The van der Waals surface area contributed by atoms with Crippen molar-refractivity contribution < 1.29 is 13.2 Å². The summed E-state index contributed by atoms with van der Waals surface area (Å²) in [7, 11) is 0. The Balaban J connectivity index is 2.43. The molecule has 0 amide bonds. The van der Waals surface area contributed by atoms with Gasteiger partial charge in [-0.3, -0.25) is 14.7 Å². The van der Waals surface area contributed by atoms with Gasteiger partial charge in [-0.25, -0.2) is 0 Å². The van der Waals surface area contributed by atoms with Crippen molar-refractivity contribution in [2.24, 2.45) is 0 Å². The first-order valence-electron chi connectivity index (χ1n) is 5.78. The maximum Gasteiger partial charge on any atom is 0.416 e. The summed E-state index contributed by atoms with van der Waals surface area (Å²) in [6, 6.07) is 5.92. The van der Waals surface area contributed by atoms with E-state index in [1.165, 1.54) is 12.1 Å². The molecule has 106 valence electrons. The molecule has 1 atom stereocenters. The highest BCUT2D eigenvalue weighted by molar-refractivity contribution is 5.32. The van der Waals surface area contributed by atoms with Gasteiger partial charge in [0.15, 0.2) is 0 Å². The zero-order valence-electron chi connectivity index (χ0n) is 10.4. The highest BCUT2D eigenvalue weighted by Crippen LogP contribution is 2.32. The van der Waals surface area contributed by atoms with Crippen LogP contribution in [0.15, 0.2) is 39.9 Å². The number of rotatable bonds is 2. The van der Waals surface area contributed by atoms with Crippen LogP contribution < -0.4 is 11.0 Å². The molecule has 2 rings (SSSR count). The Labute approximate surface area is 111 Å². The Morgan fingerprint density at radius 3 is 2.40 bits per heavy atom. The topological polar surface area (TPSA) is 65.7 Å². The normalized spacial score (nSPS) is 13.2. The second-order valence-electron chi connectivity index (χ2n) is 4.39. The van der Waals surface area contributed by atoms with E-state index < -0.39 is 28.6 Å². The molecule has 0 aliphatic heterocycles. The molecule has 0 spiro atoms. The molecule has 20 heavy (non-hydrogen) atoms. The quantitative estimate of drug-likeness (QED) is 0.830. The van der Waals surface area contributed by atoms with Crippen molar-refractivity contribution in [3.05, 3.63) is 67.7 Å². The van der Waals surface area contributed by atoms with Gasteiger partial charge in [-0.2, -0.15) is 13.2 Å². The molecular weight excluding hydrogens is 273 g/mol. The van der Waals surface area contributed by atoms with Crippen molar-refractivity contribution in [1.82, 2.24) is 10.2 Å². The summed E-state index contributed by atoms with van der Waals surface area (Å²) in [5.41, 5.74) is -1.56. The van der Waals surface area contributed by atoms with E-state index in [1.54, 1.807) is 6.92 Å². The number of halogens is 3. The van der Waals surface area contributed by atoms with Gasteiger partial charge in [0.2, 0.25) is 5.43 Å². The summed E-state index contributed by atoms with van der Waals surface area (Å²) in [6.45, 7) is 1.64. The van der Waals surface area contributed by atoms with E-state index in [0.29, 0.717) is 11.3 Å². The van der Waals surface area contributed by atoms with E-state index in [9.17, 15) is 22.8 Å². The molecule has 0 saturated carbocycles. The summed E-state index contributed by atoms with van der Waals surface area (Å²) in [5, 5.41) is 4.66. The zero-order chi connectivity index (χ0) is 14.9. The van der Waals surface area contributed by atoms with Crippen molar-refractivity contribution in [3.8, 4) is 0 Å². The monoisotopic (exact) mass is 284 g/mol. The number of alkyl halides is 3. The summed E-state index contributed by atoms with van der Waals surface area (Å²) >= 11 is 0. The number of hydrogen-bond acceptors (Lipinski definition) is 2. The van der Waals surface area contributed by atoms with E-state index in [-0.39, 0.29) is 0 Å². The molecule has 1 aromatic carbocycles. The van der Waals surface area contributed by atoms with Crippen LogP contribution in [0.2, 0.25) is 0 Å². The predicted molar refractivity (Wildman–Crippen MR) is 66.6 cm³/mol. The molecule has 0 unspecified atom stereocenters. The second kappa shape index (κ2) is 4.99. The van der Waals surface area contributed by atoms with Gasteiger partial charge in [-0.05, 0) is 11.6 Å². The first kappa shape index (κ1) is 14.1. The number of aromatic nitrogens is 2. The third-order valence-corrected chi connectivity index (χ3v) is 3.01. The standard InChI is InChI=1S/C13H11F3N2O2/c1-7(10-6-11(19)12(20)18-17-10)8-3-2-4-9(5-8)13(14,15)16/h2-7H,1H3,(H,17,19)(H,18,20)/t7-/m0/s1. The van der Waals surface area contributed by atoms with Crippen LogP contribution in [0.3, 0.4) is 0 Å². The summed E-state index contributed by atoms with van der Waals surface area (Å²) in [5.74, 6) is -0.484. The molecule has 0 aliphatic rings. The largest absolute Gasteiger partial charge is 0.416 e. The van der Waals surface area contributed by atoms with E-state index in [4.69, 9.17) is 0 Å². The predicted octanol–water partition coefficient (Wildman–Crippen LogP) is 2.23. The Kier molecular flexibility index (Phi) is 3.52. The van der Waals surface area contributed by atoms with Crippen LogP contribution in [0, 0.1) is 0 Å². The van der Waals surface area contributed by atoms with E-state index in [1.807, 2.05) is 0 Å². The summed E-state index contributed by atoms with van der Waals surface area (Å²) in [4.78, 5) is 22.2. The van der Waals surface area contributed by atoms with Crippen LogP contribution in [0.25, 0.3) is 0 Å². The minimum Gasteiger partial charge on any atom is -0.302 e. The molecule has 0 bridgehead atoms. The van der Waals surface area contributed by atoms with Crippen molar-refractivity contribution in [3.63, 3.8) is 0 Å². The third kappa shape index (κ3) is 2.81. The molecular formula is C13H11F3N2O2. The lowest BCUT2D eigenvalue weighted by atomic mass is 9.96. The Hall–Kier alpha value is -2.31. The number of aromatic amines is 2. The van der Waals surface area contributed by atoms with Crippen LogP contribution in [0.1, 0.15) is 29.7 Å². The minimum atomic E-state index is -4.42. The molecule has 1 aromatic heterocycles. The molecule has 2 aromatic rings. The number of hydrogen-bond donors (Lipinski definition) is 2. The Bertz CT molecular complexity index is 731. The number of nitrogens with one attached hydrogen (secondary N) is 2. The highest BCUT2D eigenvalue weighted by atomic mass is 19.4. The van der Waals surface area contributed by atoms with Crippen molar-refractivity contribution >= 4 is 0 Å². The fourth-order valence-corrected chi connectivity index (χ4v) is 1.83. The fourth-order valence-electron chi connectivity index (χ4n) is 1.83. The first-order chi connectivity index (χ1) is 9.29. The van der Waals surface area contributed by atoms with Crippen molar-refractivity contribution in [2.45, 2.75) is 19.0 Å². The summed E-state index contributed by atoms with van der Waals surface area (Å²) in [6.07, 6.45) is -4.42. The maximum atomic E-state index is 12.6. The Morgan fingerprint density at radius 1 is 1.10 bits per heavy atom. The molecule has 1 heterocycles. The average Bonchev–Trinajstić information content (AvgIpc) is 2.40. The van der Waals surface area contributed by atoms with E-state index >= 15 is 0 Å². The average molecular weight is 284 g/mol. The van der Waals surface area contributed by atoms with Gasteiger partial charge >= 0.3 is 11.7 Å². The van der Waals surface area contributed by atoms with Crippen molar-refractivity contribution in [2.75, 3.05) is 0 Å². The third-order valence-electron chi connectivity index (χ3n) is 3.01. The SMILES string of the molecule is C[C@@H](c1cccc(C(F)(F)F)c1)c1cc(=O)c(=O)[nH][nH]1. The first-order valence-corrected chi connectivity index (χ1v) is 5.78. The molecule has 0 aliphatic carbocycles. The van der Waals surface area contributed by atoms with Crippen LogP contribution in [-0.2, 0) is 6.18 Å². The van der Waals surface area contributed by atoms with Gasteiger partial charge in [0.05, 0.1) is 5.56 Å². The molecule has 0 radical (unpaired) electrons. The summed E-state index contributed by atoms with van der Waals surface area (Å²) < 4.78 is 37.9. The highest BCUT2D eigenvalue weighted by Gasteiger charge is 2.30. The number of H-pyrrole nitrogens is 2. The van der Waals surface area contributed by atoms with E-state index in [0.717, 1.165) is 18.2 Å². The van der Waals surface area contributed by atoms with Gasteiger partial charge in [0.25, 0.3) is 0 Å². The molecule has 4 nitrogen and oxygen atoms in total. The van der Waals surface area contributed by atoms with Crippen LogP contribution >= 0.6 is 0 Å². The fraction of sp³-hybridized carbons (Fsp3) is 0.231. The minimum absolute atomic E-state index is 0.342. The second-order valence-corrected chi connectivity index (χ2v) is 4.39. The molecule has 7 heteroatoms. The van der Waals surface area contributed by atoms with Gasteiger partial charge in [0, 0.05) is 17.7 Å².